The van der Waals surface area contributed by atoms with Gasteiger partial charge in [-0.05, 0) is 47.5 Å². The maximum absolute atomic E-state index is 11.1. The number of ether oxygens (including phenoxy) is 1. The third-order valence-electron chi connectivity index (χ3n) is 2.61. The zero-order valence-corrected chi connectivity index (χ0v) is 13.5. The van der Waals surface area contributed by atoms with Gasteiger partial charge in [0.15, 0.2) is 17.3 Å². The van der Waals surface area contributed by atoms with E-state index in [0.717, 1.165) is 0 Å². The van der Waals surface area contributed by atoms with E-state index in [4.69, 9.17) is 4.74 Å². The monoisotopic (exact) mass is 367 g/mol. The fourth-order valence-corrected chi connectivity index (χ4v) is 2.06. The predicted molar refractivity (Wildman–Crippen MR) is 85.6 cm³/mol. The number of nitrogens with zero attached hydrogens (tertiary/aromatic N) is 3. The summed E-state index contributed by atoms with van der Waals surface area (Å²) in [5.74, 6) is 0.650. The fraction of sp³-hybridized carbons (Fsp3) is 0.231. The molecule has 0 bridgehead atoms. The Morgan fingerprint density at radius 3 is 3.05 bits per heavy atom. The number of hydrogen-bond acceptors (Lipinski definition) is 7. The Morgan fingerprint density at radius 2 is 2.32 bits per heavy atom. The number of halogens is 1. The van der Waals surface area contributed by atoms with Gasteiger partial charge < -0.3 is 9.84 Å². The number of aromatic nitrogens is 3. The largest absolute Gasteiger partial charge is 0.503 e. The number of benzene rings is 1. The Labute approximate surface area is 134 Å². The van der Waals surface area contributed by atoms with E-state index in [9.17, 15) is 9.90 Å². The van der Waals surface area contributed by atoms with Crippen molar-refractivity contribution in [1.29, 1.82) is 0 Å². The van der Waals surface area contributed by atoms with Gasteiger partial charge >= 0.3 is 5.69 Å². The van der Waals surface area contributed by atoms with Crippen LogP contribution in [0, 0.1) is 6.92 Å². The molecule has 1 aromatic carbocycles. The molecule has 0 unspecified atom stereocenters. The summed E-state index contributed by atoms with van der Waals surface area (Å²) in [6, 6.07) is 3.32. The van der Waals surface area contributed by atoms with Crippen LogP contribution in [0.3, 0.4) is 0 Å². The quantitative estimate of drug-likeness (QED) is 0.548. The van der Waals surface area contributed by atoms with Crippen molar-refractivity contribution in [1.82, 2.24) is 15.2 Å². The molecule has 0 saturated heterocycles. The van der Waals surface area contributed by atoms with E-state index in [-0.39, 0.29) is 11.6 Å². The molecular formula is C13H14BrN5O3. The Balaban J connectivity index is 2.19. The maximum Gasteiger partial charge on any atom is 0.363 e. The smallest absolute Gasteiger partial charge is 0.363 e. The lowest BCUT2D eigenvalue weighted by Gasteiger charge is -2.08. The SMILES string of the molecule is CCOc1cc(C=NNc2nc(=O)[nH]nc2C)cc(Br)c1O. The summed E-state index contributed by atoms with van der Waals surface area (Å²) in [5, 5.41) is 19.8. The number of aromatic amines is 1. The molecular weight excluding hydrogens is 354 g/mol. The van der Waals surface area contributed by atoms with Crippen molar-refractivity contribution < 1.29 is 9.84 Å². The minimum atomic E-state index is -0.561. The lowest BCUT2D eigenvalue weighted by molar-refractivity contribution is 0.317. The molecule has 0 aliphatic rings. The average Bonchev–Trinajstić information content (AvgIpc) is 2.48. The molecule has 0 aliphatic carbocycles. The summed E-state index contributed by atoms with van der Waals surface area (Å²) < 4.78 is 5.82. The standard InChI is InChI=1S/C13H14BrN5O3/c1-3-22-10-5-8(4-9(14)11(10)20)6-15-18-12-7(2)17-19-13(21)16-12/h4-6,20H,3H2,1-2H3,(H2,16,18,19,21). The first-order chi connectivity index (χ1) is 10.5. The number of hydrogen-bond donors (Lipinski definition) is 3. The zero-order chi connectivity index (χ0) is 16.1. The summed E-state index contributed by atoms with van der Waals surface area (Å²) >= 11 is 3.25. The second-order valence-corrected chi connectivity index (χ2v) is 5.08. The third kappa shape index (κ3) is 3.82. The van der Waals surface area contributed by atoms with E-state index in [1.165, 1.54) is 6.21 Å². The predicted octanol–water partition coefficient (Wildman–Crippen LogP) is 1.79. The van der Waals surface area contributed by atoms with Gasteiger partial charge in [-0.2, -0.15) is 15.2 Å². The topological polar surface area (TPSA) is 112 Å². The van der Waals surface area contributed by atoms with Crippen LogP contribution in [0.4, 0.5) is 5.82 Å². The molecule has 2 rings (SSSR count). The fourth-order valence-electron chi connectivity index (χ4n) is 1.60. The zero-order valence-electron chi connectivity index (χ0n) is 11.9. The minimum Gasteiger partial charge on any atom is -0.503 e. The first-order valence-electron chi connectivity index (χ1n) is 6.39. The molecule has 0 radical (unpaired) electrons. The van der Waals surface area contributed by atoms with Gasteiger partial charge in [0.1, 0.15) is 5.69 Å². The molecule has 1 aromatic heterocycles. The summed E-state index contributed by atoms with van der Waals surface area (Å²) in [7, 11) is 0. The van der Waals surface area contributed by atoms with Crippen LogP contribution >= 0.6 is 15.9 Å². The first kappa shape index (κ1) is 16.0. The van der Waals surface area contributed by atoms with Gasteiger partial charge in [0.05, 0.1) is 17.3 Å². The van der Waals surface area contributed by atoms with Crippen molar-refractivity contribution in [2.45, 2.75) is 13.8 Å². The molecule has 0 aliphatic heterocycles. The second kappa shape index (κ2) is 7.03. The molecule has 0 amide bonds. The van der Waals surface area contributed by atoms with E-state index in [1.54, 1.807) is 19.1 Å². The van der Waals surface area contributed by atoms with E-state index in [0.29, 0.717) is 28.1 Å². The van der Waals surface area contributed by atoms with Crippen LogP contribution in [0.1, 0.15) is 18.2 Å². The van der Waals surface area contributed by atoms with Crippen LogP contribution < -0.4 is 15.9 Å². The minimum absolute atomic E-state index is 0.0308. The highest BCUT2D eigenvalue weighted by Crippen LogP contribution is 2.35. The molecule has 0 spiro atoms. The number of aromatic hydroxyl groups is 1. The van der Waals surface area contributed by atoms with Crippen molar-refractivity contribution in [2.24, 2.45) is 5.10 Å². The molecule has 0 fully saturated rings. The van der Waals surface area contributed by atoms with Crippen LogP contribution in [0.5, 0.6) is 11.5 Å². The van der Waals surface area contributed by atoms with Crippen LogP contribution in [0.15, 0.2) is 26.5 Å². The van der Waals surface area contributed by atoms with Crippen LogP contribution in [0.25, 0.3) is 0 Å². The number of hydrazone groups is 1. The molecule has 2 aromatic rings. The van der Waals surface area contributed by atoms with Crippen LogP contribution in [0.2, 0.25) is 0 Å². The first-order valence-corrected chi connectivity index (χ1v) is 7.18. The Kier molecular flexibility index (Phi) is 5.10. The summed E-state index contributed by atoms with van der Waals surface area (Å²) in [6.45, 7) is 3.94. The van der Waals surface area contributed by atoms with Gasteiger partial charge in [0.2, 0.25) is 0 Å². The average molecular weight is 368 g/mol. The van der Waals surface area contributed by atoms with Crippen molar-refractivity contribution in [2.75, 3.05) is 12.0 Å². The summed E-state index contributed by atoms with van der Waals surface area (Å²) in [6.07, 6.45) is 1.51. The Hall–Kier alpha value is -2.42. The number of aryl methyl sites for hydroxylation is 1. The number of anilines is 1. The summed E-state index contributed by atoms with van der Waals surface area (Å²) in [5.41, 5.74) is 3.29. The Bertz CT molecular complexity index is 760. The molecule has 116 valence electrons. The van der Waals surface area contributed by atoms with Crippen LogP contribution in [-0.4, -0.2) is 33.1 Å². The molecule has 0 saturated carbocycles. The van der Waals surface area contributed by atoms with Crippen molar-refractivity contribution in [3.63, 3.8) is 0 Å². The number of H-pyrrole nitrogens is 1. The molecule has 1 heterocycles. The Morgan fingerprint density at radius 1 is 1.55 bits per heavy atom. The lowest BCUT2D eigenvalue weighted by Crippen LogP contribution is -2.15. The molecule has 9 heteroatoms. The van der Waals surface area contributed by atoms with Gasteiger partial charge in [-0.3, -0.25) is 5.43 Å². The number of phenolic OH excluding ortho intramolecular Hbond substituents is 1. The van der Waals surface area contributed by atoms with E-state index in [2.05, 4.69) is 41.6 Å². The van der Waals surface area contributed by atoms with Crippen molar-refractivity contribution >= 4 is 28.0 Å². The van der Waals surface area contributed by atoms with E-state index in [1.807, 2.05) is 6.92 Å². The molecule has 22 heavy (non-hydrogen) atoms. The highest BCUT2D eigenvalue weighted by Gasteiger charge is 2.08. The molecule has 0 atom stereocenters. The van der Waals surface area contributed by atoms with Crippen molar-refractivity contribution in [3.05, 3.63) is 38.3 Å². The van der Waals surface area contributed by atoms with E-state index < -0.39 is 5.69 Å². The number of rotatable bonds is 5. The van der Waals surface area contributed by atoms with Crippen molar-refractivity contribution in [3.8, 4) is 11.5 Å². The second-order valence-electron chi connectivity index (χ2n) is 4.23. The lowest BCUT2D eigenvalue weighted by atomic mass is 10.2. The number of phenols is 1. The molecule has 8 nitrogen and oxygen atoms in total. The number of nitrogens with one attached hydrogen (secondary N) is 2. The van der Waals surface area contributed by atoms with Gasteiger partial charge in [-0.15, -0.1) is 0 Å². The normalized spacial score (nSPS) is 10.9. The third-order valence-corrected chi connectivity index (χ3v) is 3.21. The van der Waals surface area contributed by atoms with E-state index >= 15 is 0 Å². The highest BCUT2D eigenvalue weighted by molar-refractivity contribution is 9.10. The summed E-state index contributed by atoms with van der Waals surface area (Å²) in [4.78, 5) is 14.8. The van der Waals surface area contributed by atoms with Gasteiger partial charge in [-0.1, -0.05) is 0 Å². The van der Waals surface area contributed by atoms with Gasteiger partial charge in [0.25, 0.3) is 0 Å². The highest BCUT2D eigenvalue weighted by atomic mass is 79.9. The maximum atomic E-state index is 11.1. The van der Waals surface area contributed by atoms with Gasteiger partial charge in [0, 0.05) is 0 Å². The van der Waals surface area contributed by atoms with Gasteiger partial charge in [-0.25, -0.2) is 9.89 Å². The van der Waals surface area contributed by atoms with Crippen LogP contribution in [-0.2, 0) is 0 Å². The molecule has 3 N–H and O–H groups in total.